The van der Waals surface area contributed by atoms with Crippen molar-refractivity contribution in [3.05, 3.63) is 41.5 Å². The third-order valence-electron chi connectivity index (χ3n) is 3.26. The first-order chi connectivity index (χ1) is 10.5. The lowest BCUT2D eigenvalue weighted by Gasteiger charge is -2.17. The molecule has 2 rings (SSSR count). The zero-order valence-corrected chi connectivity index (χ0v) is 13.2. The van der Waals surface area contributed by atoms with Crippen LogP contribution in [0.25, 0.3) is 0 Å². The molecule has 0 saturated heterocycles. The van der Waals surface area contributed by atoms with Gasteiger partial charge in [-0.1, -0.05) is 17.3 Å². The molecule has 0 unspecified atom stereocenters. The van der Waals surface area contributed by atoms with Gasteiger partial charge in [-0.2, -0.15) is 4.98 Å². The predicted molar refractivity (Wildman–Crippen MR) is 81.4 cm³/mol. The van der Waals surface area contributed by atoms with E-state index < -0.39 is 0 Å². The molecule has 0 fully saturated rings. The molecule has 1 aromatic carbocycles. The Hall–Kier alpha value is -2.41. The van der Waals surface area contributed by atoms with Gasteiger partial charge in [-0.25, -0.2) is 4.79 Å². The van der Waals surface area contributed by atoms with Gasteiger partial charge in [-0.3, -0.25) is 0 Å². The highest BCUT2D eigenvalue weighted by Crippen LogP contribution is 2.19. The number of methoxy groups -OCH3 is 1. The van der Waals surface area contributed by atoms with Crippen LogP contribution in [-0.4, -0.2) is 35.2 Å². The molecule has 0 aliphatic rings. The molecule has 2 amide bonds. The van der Waals surface area contributed by atoms with Gasteiger partial charge < -0.3 is 19.5 Å². The number of nitrogens with zero attached hydrogens (tertiary/aromatic N) is 3. The van der Waals surface area contributed by atoms with Crippen molar-refractivity contribution in [1.82, 2.24) is 15.0 Å². The van der Waals surface area contributed by atoms with Gasteiger partial charge in [0.25, 0.3) is 0 Å². The highest BCUT2D eigenvalue weighted by atomic mass is 16.5. The summed E-state index contributed by atoms with van der Waals surface area (Å²) in [5.41, 5.74) is 1.71. The molecule has 7 nitrogen and oxygen atoms in total. The fourth-order valence-electron chi connectivity index (χ4n) is 1.91. The first-order valence-electron chi connectivity index (χ1n) is 6.93. The van der Waals surface area contributed by atoms with Crippen molar-refractivity contribution in [3.8, 4) is 0 Å². The van der Waals surface area contributed by atoms with Gasteiger partial charge in [-0.05, 0) is 24.6 Å². The Kier molecular flexibility index (Phi) is 5.11. The van der Waals surface area contributed by atoms with Gasteiger partial charge in [0.05, 0.1) is 12.6 Å². The summed E-state index contributed by atoms with van der Waals surface area (Å²) in [6, 6.07) is 7.30. The summed E-state index contributed by atoms with van der Waals surface area (Å²) in [6.45, 7) is 3.93. The Labute approximate surface area is 129 Å². The summed E-state index contributed by atoms with van der Waals surface area (Å²) in [7, 11) is 3.32. The molecule has 118 valence electrons. The second kappa shape index (κ2) is 7.04. The number of hydrogen-bond donors (Lipinski definition) is 1. The molecule has 0 aliphatic heterocycles. The number of hydrogen-bond acceptors (Lipinski definition) is 5. The standard InChI is InChI=1S/C15H20N4O3/c1-10(21-4)12-6-5-7-13(8-12)17-15(20)19(3)9-14-16-11(2)22-18-14/h5-8,10H,9H2,1-4H3,(H,17,20)/t10-/m0/s1. The number of amides is 2. The summed E-state index contributed by atoms with van der Waals surface area (Å²) in [5, 5.41) is 6.60. The van der Waals surface area contributed by atoms with Crippen LogP contribution in [-0.2, 0) is 11.3 Å². The minimum Gasteiger partial charge on any atom is -0.377 e. The van der Waals surface area contributed by atoms with Crippen LogP contribution in [0.3, 0.4) is 0 Å². The van der Waals surface area contributed by atoms with Gasteiger partial charge in [-0.15, -0.1) is 0 Å². The van der Waals surface area contributed by atoms with E-state index in [1.165, 1.54) is 4.90 Å². The lowest BCUT2D eigenvalue weighted by molar-refractivity contribution is 0.119. The molecule has 1 N–H and O–H groups in total. The highest BCUT2D eigenvalue weighted by molar-refractivity contribution is 5.89. The number of carbonyl (C=O) groups is 1. The Bertz CT molecular complexity index is 641. The third kappa shape index (κ3) is 4.05. The lowest BCUT2D eigenvalue weighted by Crippen LogP contribution is -2.31. The van der Waals surface area contributed by atoms with Gasteiger partial charge in [0.15, 0.2) is 5.82 Å². The van der Waals surface area contributed by atoms with E-state index in [0.717, 1.165) is 5.56 Å². The number of aromatic nitrogens is 2. The lowest BCUT2D eigenvalue weighted by atomic mass is 10.1. The van der Waals surface area contributed by atoms with Crippen molar-refractivity contribution in [1.29, 1.82) is 0 Å². The van der Waals surface area contributed by atoms with Gasteiger partial charge in [0.2, 0.25) is 5.89 Å². The number of ether oxygens (including phenoxy) is 1. The van der Waals surface area contributed by atoms with Gasteiger partial charge in [0, 0.05) is 26.8 Å². The first kappa shape index (κ1) is 16.0. The molecule has 1 aromatic heterocycles. The molecule has 0 aliphatic carbocycles. The van der Waals surface area contributed by atoms with Crippen LogP contribution in [0, 0.1) is 6.92 Å². The van der Waals surface area contributed by atoms with Crippen LogP contribution in [0.2, 0.25) is 0 Å². The van der Waals surface area contributed by atoms with Crippen molar-refractivity contribution in [2.75, 3.05) is 19.5 Å². The second-order valence-electron chi connectivity index (χ2n) is 5.02. The van der Waals surface area contributed by atoms with Gasteiger partial charge >= 0.3 is 6.03 Å². The molecule has 2 aromatic rings. The molecular formula is C15H20N4O3. The maximum atomic E-state index is 12.2. The summed E-state index contributed by atoms with van der Waals surface area (Å²) in [6.07, 6.45) is -0.0307. The Morgan fingerprint density at radius 2 is 2.27 bits per heavy atom. The Morgan fingerprint density at radius 1 is 1.50 bits per heavy atom. The maximum absolute atomic E-state index is 12.2. The highest BCUT2D eigenvalue weighted by Gasteiger charge is 2.13. The zero-order chi connectivity index (χ0) is 16.1. The number of anilines is 1. The quantitative estimate of drug-likeness (QED) is 0.918. The van der Waals surface area contributed by atoms with Crippen molar-refractivity contribution in [2.45, 2.75) is 26.5 Å². The Morgan fingerprint density at radius 3 is 2.91 bits per heavy atom. The summed E-state index contributed by atoms with van der Waals surface area (Å²) >= 11 is 0. The molecule has 1 atom stereocenters. The normalized spacial score (nSPS) is 12.0. The third-order valence-corrected chi connectivity index (χ3v) is 3.26. The maximum Gasteiger partial charge on any atom is 0.321 e. The van der Waals surface area contributed by atoms with Crippen LogP contribution < -0.4 is 5.32 Å². The van der Waals surface area contributed by atoms with Crippen molar-refractivity contribution in [3.63, 3.8) is 0 Å². The molecule has 1 heterocycles. The number of carbonyl (C=O) groups excluding carboxylic acids is 1. The van der Waals surface area contributed by atoms with Crippen molar-refractivity contribution in [2.24, 2.45) is 0 Å². The smallest absolute Gasteiger partial charge is 0.321 e. The SMILES string of the molecule is CO[C@@H](C)c1cccc(NC(=O)N(C)Cc2noc(C)n2)c1. The molecular weight excluding hydrogens is 284 g/mol. The zero-order valence-electron chi connectivity index (χ0n) is 13.2. The van der Waals surface area contributed by atoms with E-state index in [0.29, 0.717) is 17.4 Å². The average Bonchev–Trinajstić information content (AvgIpc) is 2.91. The van der Waals surface area contributed by atoms with Gasteiger partial charge in [0.1, 0.15) is 0 Å². The van der Waals surface area contributed by atoms with Crippen molar-refractivity contribution < 1.29 is 14.1 Å². The minimum atomic E-state index is -0.246. The fraction of sp³-hybridized carbons (Fsp3) is 0.400. The van der Waals surface area contributed by atoms with Crippen LogP contribution in [0.4, 0.5) is 10.5 Å². The van der Waals surface area contributed by atoms with Crippen LogP contribution in [0.15, 0.2) is 28.8 Å². The van der Waals surface area contributed by atoms with E-state index in [4.69, 9.17) is 9.26 Å². The molecule has 0 spiro atoms. The molecule has 22 heavy (non-hydrogen) atoms. The monoisotopic (exact) mass is 304 g/mol. The van der Waals surface area contributed by atoms with E-state index in [9.17, 15) is 4.79 Å². The molecule has 0 saturated carbocycles. The largest absolute Gasteiger partial charge is 0.377 e. The predicted octanol–water partition coefficient (Wildman–Crippen LogP) is 2.75. The summed E-state index contributed by atoms with van der Waals surface area (Å²) in [4.78, 5) is 17.7. The first-order valence-corrected chi connectivity index (χ1v) is 6.93. The number of rotatable bonds is 5. The number of urea groups is 1. The number of aryl methyl sites for hydroxylation is 1. The minimum absolute atomic E-state index is 0.0307. The van der Waals surface area contributed by atoms with E-state index in [-0.39, 0.29) is 18.7 Å². The second-order valence-corrected chi connectivity index (χ2v) is 5.02. The van der Waals surface area contributed by atoms with Crippen LogP contribution in [0.1, 0.15) is 30.3 Å². The van der Waals surface area contributed by atoms with E-state index >= 15 is 0 Å². The number of nitrogens with one attached hydrogen (secondary N) is 1. The fourth-order valence-corrected chi connectivity index (χ4v) is 1.91. The van der Waals surface area contributed by atoms with Crippen LogP contribution in [0.5, 0.6) is 0 Å². The van der Waals surface area contributed by atoms with E-state index in [1.54, 1.807) is 21.1 Å². The van der Waals surface area contributed by atoms with E-state index in [2.05, 4.69) is 15.5 Å². The molecule has 7 heteroatoms. The summed E-state index contributed by atoms with van der Waals surface area (Å²) < 4.78 is 10.2. The summed E-state index contributed by atoms with van der Waals surface area (Å²) in [5.74, 6) is 0.946. The molecule has 0 bridgehead atoms. The number of benzene rings is 1. The van der Waals surface area contributed by atoms with Crippen LogP contribution >= 0.6 is 0 Å². The average molecular weight is 304 g/mol. The van der Waals surface area contributed by atoms with Crippen molar-refractivity contribution >= 4 is 11.7 Å². The topological polar surface area (TPSA) is 80.5 Å². The molecule has 0 radical (unpaired) electrons. The Balaban J connectivity index is 1.99. The van der Waals surface area contributed by atoms with E-state index in [1.807, 2.05) is 31.2 Å².